The van der Waals surface area contributed by atoms with E-state index in [1.807, 2.05) is 19.9 Å². The summed E-state index contributed by atoms with van der Waals surface area (Å²) in [5, 5.41) is 23.1. The molecule has 4 aliphatic carbocycles. The average molecular weight is 439 g/mol. The van der Waals surface area contributed by atoms with Gasteiger partial charge in [-0.2, -0.15) is 0 Å². The molecule has 5 aliphatic rings. The van der Waals surface area contributed by atoms with Gasteiger partial charge in [-0.25, -0.2) is 0 Å². The van der Waals surface area contributed by atoms with Crippen LogP contribution in [0.25, 0.3) is 0 Å². The molecule has 2 heterocycles. The van der Waals surface area contributed by atoms with Crippen LogP contribution in [0.2, 0.25) is 0 Å². The van der Waals surface area contributed by atoms with Gasteiger partial charge < -0.3 is 19.4 Å². The van der Waals surface area contributed by atoms with Crippen LogP contribution < -0.4 is 0 Å². The zero-order chi connectivity index (χ0) is 23.1. The Morgan fingerprint density at radius 2 is 1.84 bits per heavy atom. The lowest BCUT2D eigenvalue weighted by Crippen LogP contribution is -2.70. The molecule has 1 aromatic heterocycles. The largest absolute Gasteiger partial charge is 0.504 e. The van der Waals surface area contributed by atoms with Crippen molar-refractivity contribution in [1.82, 2.24) is 0 Å². The molecule has 1 aliphatic heterocycles. The molecule has 2 N–H and O–H groups in total. The summed E-state index contributed by atoms with van der Waals surface area (Å²) in [5.74, 6) is -1.33. The van der Waals surface area contributed by atoms with Gasteiger partial charge >= 0.3 is 0 Å². The summed E-state index contributed by atoms with van der Waals surface area (Å²) in [4.78, 5) is 26.8. The highest BCUT2D eigenvalue weighted by atomic mass is 16.6. The van der Waals surface area contributed by atoms with Gasteiger partial charge in [0.2, 0.25) is 5.78 Å². The predicted octanol–water partition coefficient (Wildman–Crippen LogP) is 3.86. The second-order valence-corrected chi connectivity index (χ2v) is 11.7. The maximum absolute atomic E-state index is 14.1. The molecule has 8 atom stereocenters. The van der Waals surface area contributed by atoms with Crippen molar-refractivity contribution in [2.24, 2.45) is 27.6 Å². The molecule has 0 bridgehead atoms. The first-order chi connectivity index (χ1) is 14.9. The monoisotopic (exact) mass is 438 g/mol. The highest BCUT2D eigenvalue weighted by molar-refractivity contribution is 6.06. The van der Waals surface area contributed by atoms with Crippen molar-refractivity contribution in [3.05, 3.63) is 47.6 Å². The fraction of sp³-hybridized carbons (Fsp3) is 0.615. The Morgan fingerprint density at radius 3 is 2.50 bits per heavy atom. The molecular weight excluding hydrogens is 408 g/mol. The maximum atomic E-state index is 14.1. The second-order valence-electron chi connectivity index (χ2n) is 11.7. The third-order valence-electron chi connectivity index (χ3n) is 10.1. The van der Waals surface area contributed by atoms with Gasteiger partial charge in [0.25, 0.3) is 0 Å². The SMILES string of the molecule is CC1(C)C(=O)C=C[C@@]2(C)C1=C(O)C(=O)[C@]1(C)C2[C@@H](O)C[C@@]2(C)[C@H](c3ccoc3)C[C@@H]3O[C@]321. The van der Waals surface area contributed by atoms with E-state index >= 15 is 0 Å². The van der Waals surface area contributed by atoms with Gasteiger partial charge in [-0.15, -0.1) is 0 Å². The Hall–Kier alpha value is -2.18. The number of furan rings is 1. The first-order valence-corrected chi connectivity index (χ1v) is 11.5. The lowest BCUT2D eigenvalue weighted by atomic mass is 9.38. The van der Waals surface area contributed by atoms with Crippen LogP contribution in [0.5, 0.6) is 0 Å². The lowest BCUT2D eigenvalue weighted by molar-refractivity contribution is -0.187. The van der Waals surface area contributed by atoms with Crippen LogP contribution in [0, 0.1) is 27.6 Å². The van der Waals surface area contributed by atoms with Crippen molar-refractivity contribution < 1.29 is 29.0 Å². The van der Waals surface area contributed by atoms with Gasteiger partial charge in [0, 0.05) is 16.7 Å². The van der Waals surface area contributed by atoms with Gasteiger partial charge in [0.1, 0.15) is 5.60 Å². The molecule has 1 spiro atoms. The molecule has 6 heteroatoms. The third-order valence-corrected chi connectivity index (χ3v) is 10.1. The van der Waals surface area contributed by atoms with E-state index in [2.05, 4.69) is 6.92 Å². The van der Waals surface area contributed by atoms with E-state index in [9.17, 15) is 19.8 Å². The van der Waals surface area contributed by atoms with Crippen molar-refractivity contribution in [3.63, 3.8) is 0 Å². The number of carbonyl (C=O) groups excluding carboxylic acids is 2. The number of ketones is 2. The minimum absolute atomic E-state index is 0.0838. The molecule has 0 aromatic carbocycles. The summed E-state index contributed by atoms with van der Waals surface area (Å²) in [5.41, 5.74) is -2.82. The van der Waals surface area contributed by atoms with Gasteiger partial charge in [0.15, 0.2) is 11.5 Å². The summed E-state index contributed by atoms with van der Waals surface area (Å²) in [7, 11) is 0. The summed E-state index contributed by atoms with van der Waals surface area (Å²) in [6, 6.07) is 1.95. The number of allylic oxidation sites excluding steroid dienone is 4. The highest BCUT2D eigenvalue weighted by Crippen LogP contribution is 2.81. The second kappa shape index (κ2) is 5.48. The minimum atomic E-state index is -1.13. The Labute approximate surface area is 187 Å². The fourth-order valence-electron chi connectivity index (χ4n) is 8.95. The number of aliphatic hydroxyl groups excluding tert-OH is 2. The van der Waals surface area contributed by atoms with Crippen molar-refractivity contribution in [3.8, 4) is 0 Å². The Kier molecular flexibility index (Phi) is 3.50. The summed E-state index contributed by atoms with van der Waals surface area (Å²) in [6.07, 6.45) is 7.02. The number of Topliss-reactive ketones (excluding diaryl/α,β-unsaturated/α-hetero) is 1. The van der Waals surface area contributed by atoms with Crippen LogP contribution in [0.4, 0.5) is 0 Å². The number of hydrogen-bond donors (Lipinski definition) is 2. The van der Waals surface area contributed by atoms with Crippen molar-refractivity contribution >= 4 is 11.6 Å². The molecular formula is C26H30O6. The van der Waals surface area contributed by atoms with Gasteiger partial charge in [-0.1, -0.05) is 19.9 Å². The maximum Gasteiger partial charge on any atom is 0.206 e. The number of epoxide rings is 1. The molecule has 6 rings (SSSR count). The number of fused-ring (bicyclic) bond motifs is 3. The summed E-state index contributed by atoms with van der Waals surface area (Å²) in [6.45, 7) is 9.42. The first kappa shape index (κ1) is 20.4. The quantitative estimate of drug-likeness (QED) is 0.646. The zero-order valence-electron chi connectivity index (χ0n) is 19.1. The third kappa shape index (κ3) is 1.82. The van der Waals surface area contributed by atoms with Crippen LogP contribution in [0.3, 0.4) is 0 Å². The fourth-order valence-corrected chi connectivity index (χ4v) is 8.95. The number of carbonyl (C=O) groups is 2. The molecule has 3 fully saturated rings. The van der Waals surface area contributed by atoms with Crippen molar-refractivity contribution in [2.45, 2.75) is 71.2 Å². The number of ether oxygens (including phenoxy) is 1. The van der Waals surface area contributed by atoms with Crippen LogP contribution in [0.15, 0.2) is 46.5 Å². The molecule has 1 unspecified atom stereocenters. The first-order valence-electron chi connectivity index (χ1n) is 11.5. The minimum Gasteiger partial charge on any atom is -0.504 e. The molecule has 32 heavy (non-hydrogen) atoms. The van der Waals surface area contributed by atoms with Crippen LogP contribution >= 0.6 is 0 Å². The summed E-state index contributed by atoms with van der Waals surface area (Å²) >= 11 is 0. The van der Waals surface area contributed by atoms with E-state index in [-0.39, 0.29) is 23.6 Å². The van der Waals surface area contributed by atoms with E-state index < -0.39 is 45.1 Å². The standard InChI is InChI=1S/C26H30O6/c1-22(2)16(28)6-8-23(3)19-15(27)11-24(4)14(13-7-9-31-12-13)10-17-26(24,32-17)25(19,5)21(30)18(29)20(22)23/h6-9,12,14-15,17,19,27,29H,10-11H2,1-5H3/t14-,15-,17-,19?,23+,24-,25-,26+/m0/s1. The zero-order valence-corrected chi connectivity index (χ0v) is 19.1. The van der Waals surface area contributed by atoms with E-state index in [0.29, 0.717) is 12.0 Å². The Balaban J connectivity index is 1.60. The normalized spacial score (nSPS) is 50.6. The molecule has 6 nitrogen and oxygen atoms in total. The number of aliphatic hydroxyl groups is 2. The van der Waals surface area contributed by atoms with Gasteiger partial charge in [0.05, 0.1) is 35.6 Å². The van der Waals surface area contributed by atoms with E-state index in [0.717, 1.165) is 12.0 Å². The summed E-state index contributed by atoms with van der Waals surface area (Å²) < 4.78 is 11.8. The number of hydrogen-bond acceptors (Lipinski definition) is 6. The number of rotatable bonds is 1. The molecule has 0 radical (unpaired) electrons. The Bertz CT molecular complexity index is 1130. The van der Waals surface area contributed by atoms with Crippen LogP contribution in [0.1, 0.15) is 58.9 Å². The highest BCUT2D eigenvalue weighted by Gasteiger charge is 2.88. The van der Waals surface area contributed by atoms with Gasteiger partial charge in [-0.3, -0.25) is 9.59 Å². The average Bonchev–Trinajstić information content (AvgIpc) is 3.08. The lowest BCUT2D eigenvalue weighted by Gasteiger charge is -2.63. The molecule has 1 aromatic rings. The van der Waals surface area contributed by atoms with Gasteiger partial charge in [-0.05, 0) is 62.8 Å². The topological polar surface area (TPSA) is 100 Å². The molecule has 170 valence electrons. The van der Waals surface area contributed by atoms with E-state index in [4.69, 9.17) is 9.15 Å². The smallest absolute Gasteiger partial charge is 0.206 e. The van der Waals surface area contributed by atoms with Crippen LogP contribution in [-0.4, -0.2) is 39.6 Å². The van der Waals surface area contributed by atoms with E-state index in [1.54, 1.807) is 38.5 Å². The van der Waals surface area contributed by atoms with E-state index in [1.165, 1.54) is 0 Å². The Morgan fingerprint density at radius 1 is 1.12 bits per heavy atom. The van der Waals surface area contributed by atoms with Crippen LogP contribution in [-0.2, 0) is 14.3 Å². The molecule has 2 saturated carbocycles. The van der Waals surface area contributed by atoms with Crippen molar-refractivity contribution in [2.75, 3.05) is 0 Å². The predicted molar refractivity (Wildman–Crippen MR) is 115 cm³/mol. The molecule has 1 saturated heterocycles. The van der Waals surface area contributed by atoms with Crippen molar-refractivity contribution in [1.29, 1.82) is 0 Å². The molecule has 0 amide bonds.